The lowest BCUT2D eigenvalue weighted by molar-refractivity contribution is -0.192. The van der Waals surface area contributed by atoms with E-state index in [-0.39, 0.29) is 36.7 Å². The van der Waals surface area contributed by atoms with Crippen LogP contribution >= 0.6 is 0 Å². The molecule has 4 bridgehead atoms. The molecule has 4 saturated carbocycles. The summed E-state index contributed by atoms with van der Waals surface area (Å²) in [5.41, 5.74) is 5.42. The summed E-state index contributed by atoms with van der Waals surface area (Å²) in [5, 5.41) is 13.2. The number of alkyl halides is 3. The number of carbonyl (C=O) groups excluding carboxylic acids is 4. The molecule has 0 aromatic carbocycles. The molecule has 1 aliphatic heterocycles. The standard InChI is InChI=1S/C24H38N4O5.C2HF3O2/c1-33-23(32)18(26-22(31)19-4-2-3-7-28(19)21(30)14-25)5-6-20(29)27-24-11-15-8-16(12-24)10-17(9-15)13-24;3-2(4,5)1(6)7/h15-19H,2-14,25H2,1H3,(H,26,31)(H,27,29);(H,6,7)/t15?,16?,17?,18-,19-,24?;/m0./s1. The number of nitrogens with zero attached hydrogens (tertiary/aromatic N) is 1. The molecule has 0 unspecified atom stereocenters. The maximum atomic E-state index is 12.9. The maximum absolute atomic E-state index is 12.9. The fourth-order valence-corrected chi connectivity index (χ4v) is 7.18. The Morgan fingerprint density at radius 3 is 2.08 bits per heavy atom. The van der Waals surface area contributed by atoms with Crippen LogP contribution in [0.4, 0.5) is 13.2 Å². The summed E-state index contributed by atoms with van der Waals surface area (Å²) in [6.07, 6.45) is 4.48. The average molecular weight is 577 g/mol. The summed E-state index contributed by atoms with van der Waals surface area (Å²) in [6.45, 7) is 0.319. The molecular formula is C26H39F3N4O7. The van der Waals surface area contributed by atoms with Gasteiger partial charge >= 0.3 is 18.1 Å². The van der Waals surface area contributed by atoms with Crippen LogP contribution in [0.25, 0.3) is 0 Å². The van der Waals surface area contributed by atoms with Crippen LogP contribution in [-0.2, 0) is 28.7 Å². The topological polar surface area (TPSA) is 168 Å². The molecule has 40 heavy (non-hydrogen) atoms. The highest BCUT2D eigenvalue weighted by atomic mass is 19.4. The van der Waals surface area contributed by atoms with E-state index in [4.69, 9.17) is 20.4 Å². The van der Waals surface area contributed by atoms with Crippen molar-refractivity contribution in [2.75, 3.05) is 20.2 Å². The highest BCUT2D eigenvalue weighted by molar-refractivity contribution is 5.91. The molecule has 0 aromatic heterocycles. The summed E-state index contributed by atoms with van der Waals surface area (Å²) < 4.78 is 36.6. The smallest absolute Gasteiger partial charge is 0.475 e. The van der Waals surface area contributed by atoms with Gasteiger partial charge in [0.15, 0.2) is 0 Å². The fourth-order valence-electron chi connectivity index (χ4n) is 7.18. The van der Waals surface area contributed by atoms with Crippen LogP contribution in [0.1, 0.15) is 70.6 Å². The fraction of sp³-hybridized carbons (Fsp3) is 0.808. The minimum atomic E-state index is -5.08. The van der Waals surface area contributed by atoms with E-state index in [9.17, 15) is 32.3 Å². The Bertz CT molecular complexity index is 939. The van der Waals surface area contributed by atoms with Gasteiger partial charge in [0.05, 0.1) is 13.7 Å². The Hall–Kier alpha value is -2.90. The van der Waals surface area contributed by atoms with Gasteiger partial charge in [-0.3, -0.25) is 14.4 Å². The van der Waals surface area contributed by atoms with E-state index in [1.807, 2.05) is 0 Å². The lowest BCUT2D eigenvalue weighted by Gasteiger charge is -2.57. The lowest BCUT2D eigenvalue weighted by atomic mass is 9.53. The van der Waals surface area contributed by atoms with Gasteiger partial charge < -0.3 is 31.1 Å². The molecule has 0 spiro atoms. The van der Waals surface area contributed by atoms with Gasteiger partial charge in [-0.15, -0.1) is 0 Å². The molecule has 226 valence electrons. The number of hydrogen-bond donors (Lipinski definition) is 4. The number of methoxy groups -OCH3 is 1. The number of amides is 3. The number of rotatable bonds is 8. The van der Waals surface area contributed by atoms with Crippen molar-refractivity contribution in [2.45, 2.75) is 94.4 Å². The van der Waals surface area contributed by atoms with Crippen molar-refractivity contribution in [3.63, 3.8) is 0 Å². The quantitative estimate of drug-likeness (QED) is 0.315. The molecule has 0 radical (unpaired) electrons. The van der Waals surface area contributed by atoms with Crippen LogP contribution < -0.4 is 16.4 Å². The van der Waals surface area contributed by atoms with Crippen LogP contribution in [0.5, 0.6) is 0 Å². The van der Waals surface area contributed by atoms with Crippen LogP contribution in [0.15, 0.2) is 0 Å². The van der Waals surface area contributed by atoms with Gasteiger partial charge in [-0.2, -0.15) is 13.2 Å². The average Bonchev–Trinajstić information content (AvgIpc) is 2.88. The van der Waals surface area contributed by atoms with E-state index in [1.54, 1.807) is 0 Å². The van der Waals surface area contributed by atoms with Crippen molar-refractivity contribution in [1.29, 1.82) is 0 Å². The number of carbonyl (C=O) groups is 5. The number of nitrogens with one attached hydrogen (secondary N) is 2. The molecule has 5 aliphatic rings. The second-order valence-corrected chi connectivity index (χ2v) is 11.5. The first kappa shape index (κ1) is 31.6. The predicted octanol–water partition coefficient (Wildman–Crippen LogP) is 1.48. The van der Waals surface area contributed by atoms with Gasteiger partial charge in [0, 0.05) is 18.5 Å². The molecule has 14 heteroatoms. The Morgan fingerprint density at radius 1 is 1.05 bits per heavy atom. The summed E-state index contributed by atoms with van der Waals surface area (Å²) >= 11 is 0. The van der Waals surface area contributed by atoms with Crippen molar-refractivity contribution in [3.05, 3.63) is 0 Å². The third kappa shape index (κ3) is 8.07. The van der Waals surface area contributed by atoms with Crippen LogP contribution in [0, 0.1) is 17.8 Å². The van der Waals surface area contributed by atoms with E-state index < -0.39 is 36.1 Å². The molecule has 3 amide bonds. The number of carboxylic acid groups (broad SMARTS) is 1. The van der Waals surface area contributed by atoms with Gasteiger partial charge in [0.1, 0.15) is 12.1 Å². The summed E-state index contributed by atoms with van der Waals surface area (Å²) in [5.74, 6) is -1.90. The number of likely N-dealkylation sites (tertiary alicyclic amines) is 1. The van der Waals surface area contributed by atoms with Crippen LogP contribution in [0.2, 0.25) is 0 Å². The van der Waals surface area contributed by atoms with Gasteiger partial charge in [0.2, 0.25) is 17.7 Å². The third-order valence-corrected chi connectivity index (χ3v) is 8.45. The Balaban J connectivity index is 0.000000559. The van der Waals surface area contributed by atoms with Crippen molar-refractivity contribution < 1.29 is 47.0 Å². The summed E-state index contributed by atoms with van der Waals surface area (Å²) in [4.78, 5) is 60.7. The van der Waals surface area contributed by atoms with Crippen molar-refractivity contribution in [1.82, 2.24) is 15.5 Å². The minimum absolute atomic E-state index is 0.0716. The molecular weight excluding hydrogens is 537 g/mol. The number of piperidine rings is 1. The number of aliphatic carboxylic acids is 1. The zero-order valence-corrected chi connectivity index (χ0v) is 22.6. The highest BCUT2D eigenvalue weighted by Gasteiger charge is 2.51. The second kappa shape index (κ2) is 13.2. The van der Waals surface area contributed by atoms with Crippen LogP contribution in [-0.4, -0.2) is 83.7 Å². The second-order valence-electron chi connectivity index (χ2n) is 11.5. The van der Waals surface area contributed by atoms with E-state index in [0.717, 1.165) is 49.9 Å². The Morgan fingerprint density at radius 2 is 1.60 bits per heavy atom. The number of carboxylic acids is 1. The molecule has 1 heterocycles. The maximum Gasteiger partial charge on any atom is 0.490 e. The Labute approximate surface area is 230 Å². The first-order valence-electron chi connectivity index (χ1n) is 13.8. The van der Waals surface area contributed by atoms with Gasteiger partial charge in [-0.25, -0.2) is 9.59 Å². The number of ether oxygens (including phenoxy) is 1. The zero-order valence-electron chi connectivity index (χ0n) is 22.6. The molecule has 0 aromatic rings. The number of esters is 1. The number of nitrogens with two attached hydrogens (primary N) is 1. The molecule has 11 nitrogen and oxygen atoms in total. The van der Waals surface area contributed by atoms with Crippen molar-refractivity contribution in [3.8, 4) is 0 Å². The number of hydrogen-bond acceptors (Lipinski definition) is 7. The van der Waals surface area contributed by atoms with Crippen LogP contribution in [0.3, 0.4) is 0 Å². The Kier molecular flexibility index (Phi) is 10.4. The van der Waals surface area contributed by atoms with E-state index in [2.05, 4.69) is 10.6 Å². The molecule has 1 saturated heterocycles. The molecule has 4 aliphatic carbocycles. The number of halogens is 3. The lowest BCUT2D eigenvalue weighted by Crippen LogP contribution is -2.60. The van der Waals surface area contributed by atoms with Gasteiger partial charge in [0.25, 0.3) is 0 Å². The molecule has 5 fully saturated rings. The first-order chi connectivity index (χ1) is 18.8. The van der Waals surface area contributed by atoms with Crippen molar-refractivity contribution >= 4 is 29.7 Å². The first-order valence-corrected chi connectivity index (χ1v) is 13.8. The minimum Gasteiger partial charge on any atom is -0.475 e. The van der Waals surface area contributed by atoms with E-state index in [0.29, 0.717) is 13.0 Å². The third-order valence-electron chi connectivity index (χ3n) is 8.45. The normalized spacial score (nSPS) is 29.5. The molecule has 5 N–H and O–H groups in total. The van der Waals surface area contributed by atoms with E-state index >= 15 is 0 Å². The SMILES string of the molecule is COC(=O)[C@H](CCC(=O)NC12CC3CC(CC(C3)C1)C2)NC(=O)[C@@H]1CCCCN1C(=O)CN.O=C(O)C(F)(F)F. The van der Waals surface area contributed by atoms with Gasteiger partial charge in [-0.1, -0.05) is 0 Å². The predicted molar refractivity (Wildman–Crippen MR) is 134 cm³/mol. The highest BCUT2D eigenvalue weighted by Crippen LogP contribution is 2.55. The van der Waals surface area contributed by atoms with Crippen molar-refractivity contribution in [2.24, 2.45) is 23.5 Å². The van der Waals surface area contributed by atoms with E-state index in [1.165, 1.54) is 31.3 Å². The largest absolute Gasteiger partial charge is 0.490 e. The monoisotopic (exact) mass is 576 g/mol. The summed E-state index contributed by atoms with van der Waals surface area (Å²) in [7, 11) is 1.27. The zero-order chi connectivity index (χ0) is 29.7. The molecule has 5 rings (SSSR count). The molecule has 2 atom stereocenters. The summed E-state index contributed by atoms with van der Waals surface area (Å²) in [6, 6.07) is -1.58. The van der Waals surface area contributed by atoms with Gasteiger partial charge in [-0.05, 0) is 82.0 Å².